The zero-order valence-electron chi connectivity index (χ0n) is 16.4. The molecule has 0 saturated heterocycles. The molecule has 0 spiro atoms. The van der Waals surface area contributed by atoms with Gasteiger partial charge in [-0.3, -0.25) is 19.7 Å². The van der Waals surface area contributed by atoms with Crippen LogP contribution in [-0.4, -0.2) is 40.6 Å². The number of halogens is 5. The van der Waals surface area contributed by atoms with Crippen LogP contribution in [0.1, 0.15) is 16.2 Å². The molecule has 0 fully saturated rings. The molecule has 0 saturated carbocycles. The molecule has 174 valence electrons. The van der Waals surface area contributed by atoms with Crippen LogP contribution in [0.4, 0.5) is 22.0 Å². The summed E-state index contributed by atoms with van der Waals surface area (Å²) in [5.41, 5.74) is -0.0115. The fraction of sp³-hybridized carbons (Fsp3) is 0.200. The Morgan fingerprint density at radius 2 is 1.70 bits per heavy atom. The molecule has 3 aromatic rings. The lowest BCUT2D eigenvalue weighted by Gasteiger charge is -2.11. The van der Waals surface area contributed by atoms with Gasteiger partial charge in [0.05, 0.1) is 11.0 Å². The minimum absolute atomic E-state index is 0.0194. The first-order chi connectivity index (χ1) is 15.5. The van der Waals surface area contributed by atoms with Crippen LogP contribution in [0.5, 0.6) is 5.75 Å². The Balaban J connectivity index is 1.58. The normalized spacial score (nSPS) is 11.5. The summed E-state index contributed by atoms with van der Waals surface area (Å²) in [6, 6.07) is 10.0. The number of hydrogen-bond donors (Lipinski definition) is 1. The van der Waals surface area contributed by atoms with Gasteiger partial charge in [-0.15, -0.1) is 0 Å². The standard InChI is InChI=1S/C20H14F5N3O5/c21-19(22)33-12-7-5-11(6-8-12)17(31)27-15(29)10-32-16(30)9-28-14-4-2-1-3-13(14)26-18(28)20(23,24)25/h1-8,19H,9-10H2,(H,27,29,31). The van der Waals surface area contributed by atoms with Crippen molar-refractivity contribution in [1.29, 1.82) is 0 Å². The van der Waals surface area contributed by atoms with Gasteiger partial charge < -0.3 is 14.0 Å². The number of nitrogens with one attached hydrogen (secondary N) is 1. The third-order valence-corrected chi connectivity index (χ3v) is 4.15. The highest BCUT2D eigenvalue weighted by Crippen LogP contribution is 2.31. The molecule has 1 aromatic heterocycles. The Hall–Kier alpha value is -4.03. The summed E-state index contributed by atoms with van der Waals surface area (Å²) in [6.07, 6.45) is -4.83. The summed E-state index contributed by atoms with van der Waals surface area (Å²) in [5, 5.41) is 1.89. The Kier molecular flexibility index (Phi) is 6.89. The van der Waals surface area contributed by atoms with E-state index in [-0.39, 0.29) is 22.3 Å². The Morgan fingerprint density at radius 1 is 1.03 bits per heavy atom. The van der Waals surface area contributed by atoms with E-state index in [1.54, 1.807) is 0 Å². The molecule has 8 nitrogen and oxygen atoms in total. The van der Waals surface area contributed by atoms with Crippen molar-refractivity contribution in [2.24, 2.45) is 0 Å². The third-order valence-electron chi connectivity index (χ3n) is 4.15. The molecule has 1 N–H and O–H groups in total. The number of amides is 2. The summed E-state index contributed by atoms with van der Waals surface area (Å²) < 4.78 is 73.5. The van der Waals surface area contributed by atoms with E-state index in [0.29, 0.717) is 4.57 Å². The summed E-state index contributed by atoms with van der Waals surface area (Å²) >= 11 is 0. The van der Waals surface area contributed by atoms with Crippen LogP contribution < -0.4 is 10.1 Å². The molecule has 2 amide bonds. The number of imide groups is 1. The highest BCUT2D eigenvalue weighted by molar-refractivity contribution is 6.05. The molecule has 0 aliphatic carbocycles. The van der Waals surface area contributed by atoms with E-state index in [4.69, 9.17) is 0 Å². The number of carbonyl (C=O) groups excluding carboxylic acids is 3. The van der Waals surface area contributed by atoms with E-state index in [0.717, 1.165) is 24.3 Å². The number of benzene rings is 2. The van der Waals surface area contributed by atoms with Crippen LogP contribution in [0.2, 0.25) is 0 Å². The number of imidazole rings is 1. The molecule has 3 rings (SSSR count). The van der Waals surface area contributed by atoms with Gasteiger partial charge in [0.25, 0.3) is 11.8 Å². The van der Waals surface area contributed by atoms with Crippen molar-refractivity contribution in [3.8, 4) is 5.75 Å². The van der Waals surface area contributed by atoms with E-state index >= 15 is 0 Å². The minimum Gasteiger partial charge on any atom is -0.454 e. The van der Waals surface area contributed by atoms with Gasteiger partial charge in [0.2, 0.25) is 5.82 Å². The predicted octanol–water partition coefficient (Wildman–Crippen LogP) is 3.16. The van der Waals surface area contributed by atoms with Crippen molar-refractivity contribution in [3.63, 3.8) is 0 Å². The van der Waals surface area contributed by atoms with Gasteiger partial charge >= 0.3 is 18.8 Å². The van der Waals surface area contributed by atoms with Crippen LogP contribution >= 0.6 is 0 Å². The molecule has 0 radical (unpaired) electrons. The van der Waals surface area contributed by atoms with Gasteiger partial charge in [0.1, 0.15) is 12.3 Å². The van der Waals surface area contributed by atoms with Crippen molar-refractivity contribution in [2.75, 3.05) is 6.61 Å². The molecule has 0 aliphatic rings. The summed E-state index contributed by atoms with van der Waals surface area (Å²) in [6.45, 7) is -4.86. The lowest BCUT2D eigenvalue weighted by atomic mass is 10.2. The number of ether oxygens (including phenoxy) is 2. The monoisotopic (exact) mass is 471 g/mol. The van der Waals surface area contributed by atoms with Gasteiger partial charge in [-0.2, -0.15) is 22.0 Å². The Morgan fingerprint density at radius 3 is 2.33 bits per heavy atom. The fourth-order valence-electron chi connectivity index (χ4n) is 2.80. The first-order valence-electron chi connectivity index (χ1n) is 9.11. The molecule has 0 aliphatic heterocycles. The minimum atomic E-state index is -4.83. The molecular weight excluding hydrogens is 457 g/mol. The smallest absolute Gasteiger partial charge is 0.449 e. The number of esters is 1. The molecule has 1 heterocycles. The van der Waals surface area contributed by atoms with Crippen molar-refractivity contribution in [2.45, 2.75) is 19.3 Å². The molecule has 0 atom stereocenters. The molecule has 2 aromatic carbocycles. The van der Waals surface area contributed by atoms with Crippen LogP contribution in [0.15, 0.2) is 48.5 Å². The van der Waals surface area contributed by atoms with E-state index in [2.05, 4.69) is 14.5 Å². The molecule has 0 unspecified atom stereocenters. The number of carbonyl (C=O) groups is 3. The molecular formula is C20H14F5N3O5. The Labute approximate surface area is 181 Å². The maximum atomic E-state index is 13.3. The van der Waals surface area contributed by atoms with Crippen LogP contribution in [0.25, 0.3) is 11.0 Å². The summed E-state index contributed by atoms with van der Waals surface area (Å²) in [7, 11) is 0. The van der Waals surface area contributed by atoms with Crippen LogP contribution in [0, 0.1) is 0 Å². The van der Waals surface area contributed by atoms with Gasteiger partial charge in [0, 0.05) is 5.56 Å². The second-order valence-corrected chi connectivity index (χ2v) is 6.45. The highest BCUT2D eigenvalue weighted by Gasteiger charge is 2.38. The maximum absolute atomic E-state index is 13.3. The zero-order valence-corrected chi connectivity index (χ0v) is 16.4. The third kappa shape index (κ3) is 6.02. The van der Waals surface area contributed by atoms with E-state index in [1.807, 2.05) is 5.32 Å². The SMILES string of the molecule is O=C(COC(=O)Cn1c(C(F)(F)F)nc2ccccc21)NC(=O)c1ccc(OC(F)F)cc1. The molecule has 33 heavy (non-hydrogen) atoms. The largest absolute Gasteiger partial charge is 0.454 e. The quantitative estimate of drug-likeness (QED) is 0.420. The second-order valence-electron chi connectivity index (χ2n) is 6.45. The average Bonchev–Trinajstić information content (AvgIpc) is 3.11. The number of rotatable bonds is 7. The fourth-order valence-corrected chi connectivity index (χ4v) is 2.80. The van der Waals surface area contributed by atoms with Crippen LogP contribution in [0.3, 0.4) is 0 Å². The van der Waals surface area contributed by atoms with Crippen LogP contribution in [-0.2, 0) is 27.0 Å². The number of hydrogen-bond acceptors (Lipinski definition) is 6. The van der Waals surface area contributed by atoms with Gasteiger partial charge in [-0.25, -0.2) is 4.98 Å². The first-order valence-corrected chi connectivity index (χ1v) is 9.11. The van der Waals surface area contributed by atoms with Crippen molar-refractivity contribution >= 4 is 28.8 Å². The number of alkyl halides is 5. The average molecular weight is 471 g/mol. The lowest BCUT2D eigenvalue weighted by molar-refractivity contribution is -0.153. The number of aromatic nitrogens is 2. The predicted molar refractivity (Wildman–Crippen MR) is 101 cm³/mol. The topological polar surface area (TPSA) is 99.5 Å². The van der Waals surface area contributed by atoms with Gasteiger partial charge in [-0.1, -0.05) is 12.1 Å². The van der Waals surface area contributed by atoms with Gasteiger partial charge in [-0.05, 0) is 36.4 Å². The number of nitrogens with zero attached hydrogens (tertiary/aromatic N) is 2. The second kappa shape index (κ2) is 9.63. The number of fused-ring (bicyclic) bond motifs is 1. The van der Waals surface area contributed by atoms with Crippen molar-refractivity contribution in [1.82, 2.24) is 14.9 Å². The number of para-hydroxylation sites is 2. The summed E-state index contributed by atoms with van der Waals surface area (Å²) in [5.74, 6) is -4.64. The van der Waals surface area contributed by atoms with E-state index in [9.17, 15) is 36.3 Å². The first kappa shape index (κ1) is 23.6. The zero-order chi connectivity index (χ0) is 24.2. The van der Waals surface area contributed by atoms with Crippen molar-refractivity contribution < 1.29 is 45.8 Å². The highest BCUT2D eigenvalue weighted by atomic mass is 19.4. The lowest BCUT2D eigenvalue weighted by Crippen LogP contribution is -2.34. The molecule has 13 heteroatoms. The van der Waals surface area contributed by atoms with E-state index in [1.165, 1.54) is 24.3 Å². The Bertz CT molecular complexity index is 1180. The van der Waals surface area contributed by atoms with Crippen molar-refractivity contribution in [3.05, 3.63) is 59.9 Å². The van der Waals surface area contributed by atoms with Gasteiger partial charge in [0.15, 0.2) is 6.61 Å². The maximum Gasteiger partial charge on any atom is 0.449 e. The molecule has 0 bridgehead atoms. The van der Waals surface area contributed by atoms with E-state index < -0.39 is 49.5 Å². The summed E-state index contributed by atoms with van der Waals surface area (Å²) in [4.78, 5) is 39.4.